The van der Waals surface area contributed by atoms with Gasteiger partial charge in [-0.2, -0.15) is 5.26 Å². The Labute approximate surface area is 88.9 Å². The van der Waals surface area contributed by atoms with Gasteiger partial charge in [0.1, 0.15) is 0 Å². The minimum Gasteiger partial charge on any atom is -0.320 e. The summed E-state index contributed by atoms with van der Waals surface area (Å²) in [6.07, 6.45) is 0. The number of nitrogens with two attached hydrogens (primary N) is 1. The molecule has 0 saturated heterocycles. The fourth-order valence-corrected chi connectivity index (χ4v) is 1.19. The minimum atomic E-state index is -0.523. The van der Waals surface area contributed by atoms with E-state index in [1.165, 1.54) is 4.90 Å². The fraction of sp³-hybridized carbons (Fsp3) is 0.273. The van der Waals surface area contributed by atoms with Gasteiger partial charge >= 0.3 is 0 Å². The summed E-state index contributed by atoms with van der Waals surface area (Å²) in [7, 11) is 1.66. The van der Waals surface area contributed by atoms with Gasteiger partial charge in [-0.25, -0.2) is 0 Å². The van der Waals surface area contributed by atoms with Crippen LogP contribution in [0.25, 0.3) is 0 Å². The molecule has 4 nitrogen and oxygen atoms in total. The second-order valence-electron chi connectivity index (χ2n) is 3.34. The molecule has 0 aromatic heterocycles. The van der Waals surface area contributed by atoms with Crippen LogP contribution in [-0.2, 0) is 4.79 Å². The van der Waals surface area contributed by atoms with Crippen molar-refractivity contribution in [2.45, 2.75) is 13.0 Å². The zero-order chi connectivity index (χ0) is 11.4. The molecular weight excluding hydrogens is 190 g/mol. The highest BCUT2D eigenvalue weighted by molar-refractivity contribution is 5.96. The molecule has 15 heavy (non-hydrogen) atoms. The van der Waals surface area contributed by atoms with Gasteiger partial charge in [0, 0.05) is 12.7 Å². The van der Waals surface area contributed by atoms with Crippen molar-refractivity contribution < 1.29 is 4.79 Å². The van der Waals surface area contributed by atoms with Crippen molar-refractivity contribution in [3.63, 3.8) is 0 Å². The summed E-state index contributed by atoms with van der Waals surface area (Å²) in [5, 5.41) is 8.61. The van der Waals surface area contributed by atoms with E-state index < -0.39 is 6.04 Å². The molecule has 0 aliphatic heterocycles. The molecular formula is C11H13N3O. The zero-order valence-corrected chi connectivity index (χ0v) is 8.77. The molecule has 0 aliphatic rings. The molecule has 0 heterocycles. The topological polar surface area (TPSA) is 70.1 Å². The van der Waals surface area contributed by atoms with Gasteiger partial charge in [-0.3, -0.25) is 4.79 Å². The van der Waals surface area contributed by atoms with Gasteiger partial charge < -0.3 is 10.6 Å². The summed E-state index contributed by atoms with van der Waals surface area (Å²) in [5.41, 5.74) is 6.79. The van der Waals surface area contributed by atoms with Crippen molar-refractivity contribution >= 4 is 11.6 Å². The van der Waals surface area contributed by atoms with Crippen LogP contribution in [0.5, 0.6) is 0 Å². The van der Waals surface area contributed by atoms with Crippen LogP contribution in [0.4, 0.5) is 5.69 Å². The third-order valence-electron chi connectivity index (χ3n) is 2.10. The van der Waals surface area contributed by atoms with Crippen molar-refractivity contribution in [3.8, 4) is 6.07 Å². The summed E-state index contributed by atoms with van der Waals surface area (Å²) in [5.74, 6) is -0.153. The number of carbonyl (C=O) groups excluding carboxylic acids is 1. The van der Waals surface area contributed by atoms with Crippen molar-refractivity contribution in [1.29, 1.82) is 5.26 Å². The van der Waals surface area contributed by atoms with Gasteiger partial charge in [0.15, 0.2) is 0 Å². The summed E-state index contributed by atoms with van der Waals surface area (Å²) >= 11 is 0. The Kier molecular flexibility index (Phi) is 3.42. The number of nitriles is 1. The lowest BCUT2D eigenvalue weighted by molar-refractivity contribution is -0.119. The first kappa shape index (κ1) is 11.2. The smallest absolute Gasteiger partial charge is 0.243 e. The molecule has 0 saturated carbocycles. The second kappa shape index (κ2) is 4.58. The number of hydrogen-bond donors (Lipinski definition) is 1. The van der Waals surface area contributed by atoms with Gasteiger partial charge in [-0.05, 0) is 31.2 Å². The highest BCUT2D eigenvalue weighted by Crippen LogP contribution is 2.13. The van der Waals surface area contributed by atoms with E-state index in [1.54, 1.807) is 38.2 Å². The number of rotatable bonds is 2. The monoisotopic (exact) mass is 203 g/mol. The lowest BCUT2D eigenvalue weighted by Gasteiger charge is -2.19. The molecule has 0 unspecified atom stereocenters. The molecule has 1 aromatic rings. The van der Waals surface area contributed by atoms with E-state index in [0.29, 0.717) is 5.56 Å². The number of likely N-dealkylation sites (N-methyl/N-ethyl adjacent to an activating group) is 1. The quantitative estimate of drug-likeness (QED) is 0.775. The second-order valence-corrected chi connectivity index (χ2v) is 3.34. The average Bonchev–Trinajstić information content (AvgIpc) is 2.27. The Morgan fingerprint density at radius 1 is 1.47 bits per heavy atom. The first-order valence-corrected chi connectivity index (χ1v) is 4.59. The minimum absolute atomic E-state index is 0.153. The maximum absolute atomic E-state index is 11.5. The molecule has 78 valence electrons. The van der Waals surface area contributed by atoms with Gasteiger partial charge in [-0.1, -0.05) is 0 Å². The number of anilines is 1. The number of nitrogens with zero attached hydrogens (tertiary/aromatic N) is 2. The van der Waals surface area contributed by atoms with Crippen molar-refractivity contribution in [1.82, 2.24) is 0 Å². The van der Waals surface area contributed by atoms with E-state index in [9.17, 15) is 4.79 Å². The maximum Gasteiger partial charge on any atom is 0.243 e. The zero-order valence-electron chi connectivity index (χ0n) is 8.77. The summed E-state index contributed by atoms with van der Waals surface area (Å²) in [4.78, 5) is 13.0. The Morgan fingerprint density at radius 2 is 2.00 bits per heavy atom. The summed E-state index contributed by atoms with van der Waals surface area (Å²) in [6.45, 7) is 1.64. The number of amides is 1. The van der Waals surface area contributed by atoms with Crippen LogP contribution in [0.15, 0.2) is 24.3 Å². The van der Waals surface area contributed by atoms with Crippen LogP contribution >= 0.6 is 0 Å². The molecule has 0 aliphatic carbocycles. The SMILES string of the molecule is C[C@H](N)C(=O)N(C)c1ccc(C#N)cc1. The molecule has 0 fully saturated rings. The number of hydrogen-bond acceptors (Lipinski definition) is 3. The summed E-state index contributed by atoms with van der Waals surface area (Å²) in [6, 6.07) is 8.27. The first-order valence-electron chi connectivity index (χ1n) is 4.59. The molecule has 1 aromatic carbocycles. The Hall–Kier alpha value is -1.86. The molecule has 1 rings (SSSR count). The van der Waals surface area contributed by atoms with Crippen molar-refractivity contribution in [2.24, 2.45) is 5.73 Å². The third-order valence-corrected chi connectivity index (χ3v) is 2.10. The van der Waals surface area contributed by atoms with E-state index in [2.05, 4.69) is 0 Å². The Balaban J connectivity index is 2.88. The van der Waals surface area contributed by atoms with Crippen LogP contribution in [-0.4, -0.2) is 19.0 Å². The third kappa shape index (κ3) is 2.55. The largest absolute Gasteiger partial charge is 0.320 e. The highest BCUT2D eigenvalue weighted by Gasteiger charge is 2.14. The van der Waals surface area contributed by atoms with E-state index in [0.717, 1.165) is 5.69 Å². The predicted octanol–water partition coefficient (Wildman–Crippen LogP) is 0.868. The summed E-state index contributed by atoms with van der Waals surface area (Å²) < 4.78 is 0. The van der Waals surface area contributed by atoms with Crippen LogP contribution in [0.2, 0.25) is 0 Å². The lowest BCUT2D eigenvalue weighted by atomic mass is 10.2. The average molecular weight is 203 g/mol. The van der Waals surface area contributed by atoms with Gasteiger partial charge in [0.05, 0.1) is 17.7 Å². The molecule has 0 bridgehead atoms. The first-order chi connectivity index (χ1) is 7.06. The van der Waals surface area contributed by atoms with E-state index in [1.807, 2.05) is 6.07 Å². The van der Waals surface area contributed by atoms with Crippen LogP contribution in [0.3, 0.4) is 0 Å². The number of benzene rings is 1. The molecule has 1 amide bonds. The van der Waals surface area contributed by atoms with Crippen molar-refractivity contribution in [2.75, 3.05) is 11.9 Å². The Morgan fingerprint density at radius 3 is 2.40 bits per heavy atom. The fourth-order valence-electron chi connectivity index (χ4n) is 1.19. The van der Waals surface area contributed by atoms with E-state index in [-0.39, 0.29) is 5.91 Å². The van der Waals surface area contributed by atoms with E-state index in [4.69, 9.17) is 11.0 Å². The standard InChI is InChI=1S/C11H13N3O/c1-8(13)11(15)14(2)10-5-3-9(7-12)4-6-10/h3-6,8H,13H2,1-2H3/t8-/m0/s1. The molecule has 4 heteroatoms. The van der Waals surface area contributed by atoms with Crippen LogP contribution < -0.4 is 10.6 Å². The molecule has 1 atom stereocenters. The van der Waals surface area contributed by atoms with Crippen LogP contribution in [0, 0.1) is 11.3 Å². The van der Waals surface area contributed by atoms with Crippen molar-refractivity contribution in [3.05, 3.63) is 29.8 Å². The molecule has 0 radical (unpaired) electrons. The van der Waals surface area contributed by atoms with E-state index >= 15 is 0 Å². The Bertz CT molecular complexity index is 389. The van der Waals surface area contributed by atoms with Crippen LogP contribution in [0.1, 0.15) is 12.5 Å². The lowest BCUT2D eigenvalue weighted by Crippen LogP contribution is -2.39. The van der Waals surface area contributed by atoms with Gasteiger partial charge in [-0.15, -0.1) is 0 Å². The van der Waals surface area contributed by atoms with Gasteiger partial charge in [0.25, 0.3) is 0 Å². The maximum atomic E-state index is 11.5. The highest BCUT2D eigenvalue weighted by atomic mass is 16.2. The normalized spacial score (nSPS) is 11.6. The molecule has 0 spiro atoms. The predicted molar refractivity (Wildman–Crippen MR) is 58.2 cm³/mol. The molecule has 2 N–H and O–H groups in total. The van der Waals surface area contributed by atoms with Gasteiger partial charge in [0.2, 0.25) is 5.91 Å². The number of carbonyl (C=O) groups is 1.